The van der Waals surface area contributed by atoms with E-state index in [1.807, 2.05) is 6.92 Å². The minimum atomic E-state index is -0.0631. The number of hydrogen-bond acceptors (Lipinski definition) is 3. The molecule has 0 aromatic heterocycles. The van der Waals surface area contributed by atoms with E-state index in [4.69, 9.17) is 5.84 Å². The molecule has 1 saturated carbocycles. The minimum absolute atomic E-state index is 0.0136. The lowest BCUT2D eigenvalue weighted by Gasteiger charge is -2.24. The van der Waals surface area contributed by atoms with Gasteiger partial charge in [-0.1, -0.05) is 13.8 Å². The Kier molecular flexibility index (Phi) is 5.05. The Bertz CT molecular complexity index is 204. The molecule has 88 valence electrons. The number of hydrazine groups is 1. The van der Waals surface area contributed by atoms with Crippen LogP contribution in [0.2, 0.25) is 0 Å². The summed E-state index contributed by atoms with van der Waals surface area (Å²) in [7, 11) is 0. The van der Waals surface area contributed by atoms with Crippen LogP contribution in [0.3, 0.4) is 0 Å². The number of hydrogen-bond donors (Lipinski definition) is 2. The monoisotopic (exact) mass is 213 g/mol. The lowest BCUT2D eigenvalue weighted by molar-refractivity contribution is -0.125. The van der Waals surface area contributed by atoms with E-state index in [1.54, 1.807) is 0 Å². The van der Waals surface area contributed by atoms with Crippen molar-refractivity contribution in [3.05, 3.63) is 0 Å². The number of carbonyl (C=O) groups excluding carboxylic acids is 1. The van der Waals surface area contributed by atoms with Gasteiger partial charge in [0.05, 0.1) is 0 Å². The molecule has 0 aromatic carbocycles. The lowest BCUT2D eigenvalue weighted by atomic mass is 10.1. The Hall–Kier alpha value is -0.610. The second-order valence-electron chi connectivity index (χ2n) is 4.61. The predicted octanol–water partition coefficient (Wildman–Crippen LogP) is 0.734. The van der Waals surface area contributed by atoms with Crippen LogP contribution < -0.4 is 11.3 Å². The molecule has 1 rings (SSSR count). The number of nitrogens with one attached hydrogen (secondary N) is 1. The van der Waals surface area contributed by atoms with Gasteiger partial charge < -0.3 is 4.90 Å². The Morgan fingerprint density at radius 3 is 2.73 bits per heavy atom. The summed E-state index contributed by atoms with van der Waals surface area (Å²) in [6.07, 6.45) is 3.86. The molecule has 1 aliphatic carbocycles. The molecule has 1 aliphatic rings. The second-order valence-corrected chi connectivity index (χ2v) is 4.61. The summed E-state index contributed by atoms with van der Waals surface area (Å²) in [5.74, 6) is 5.92. The molecule has 0 spiro atoms. The molecule has 4 nitrogen and oxygen atoms in total. The third-order valence-electron chi connectivity index (χ3n) is 2.88. The van der Waals surface area contributed by atoms with E-state index in [0.717, 1.165) is 32.0 Å². The molecule has 0 aromatic rings. The van der Waals surface area contributed by atoms with Gasteiger partial charge in [0.25, 0.3) is 0 Å². The van der Waals surface area contributed by atoms with Crippen molar-refractivity contribution in [3.8, 4) is 0 Å². The van der Waals surface area contributed by atoms with E-state index in [9.17, 15) is 4.79 Å². The van der Waals surface area contributed by atoms with E-state index in [0.29, 0.717) is 0 Å². The molecule has 0 saturated heterocycles. The quantitative estimate of drug-likeness (QED) is 0.372. The average molecular weight is 213 g/mol. The van der Waals surface area contributed by atoms with E-state index in [2.05, 4.69) is 17.2 Å². The first-order valence-corrected chi connectivity index (χ1v) is 5.90. The van der Waals surface area contributed by atoms with Crippen LogP contribution in [-0.2, 0) is 4.79 Å². The number of nitrogens with two attached hydrogens (primary N) is 1. The van der Waals surface area contributed by atoms with Crippen LogP contribution in [-0.4, -0.2) is 30.4 Å². The molecule has 1 fully saturated rings. The van der Waals surface area contributed by atoms with Crippen molar-refractivity contribution >= 4 is 5.91 Å². The Labute approximate surface area is 92.2 Å². The van der Waals surface area contributed by atoms with Crippen molar-refractivity contribution in [2.45, 2.75) is 33.1 Å². The fraction of sp³-hybridized carbons (Fsp3) is 0.909. The van der Waals surface area contributed by atoms with Gasteiger partial charge in [-0.3, -0.25) is 10.2 Å². The summed E-state index contributed by atoms with van der Waals surface area (Å²) in [5.41, 5.74) is 2.22. The summed E-state index contributed by atoms with van der Waals surface area (Å²) in [5, 5.41) is 0. The molecular weight excluding hydrogens is 190 g/mol. The van der Waals surface area contributed by atoms with Gasteiger partial charge in [0.1, 0.15) is 0 Å². The molecule has 1 atom stereocenters. The maximum Gasteiger partial charge on any atom is 0.237 e. The highest BCUT2D eigenvalue weighted by Crippen LogP contribution is 2.29. The molecule has 4 heteroatoms. The van der Waals surface area contributed by atoms with E-state index < -0.39 is 0 Å². The number of rotatable bonds is 7. The van der Waals surface area contributed by atoms with Crippen molar-refractivity contribution < 1.29 is 4.79 Å². The summed E-state index contributed by atoms with van der Waals surface area (Å²) >= 11 is 0. The van der Waals surface area contributed by atoms with Gasteiger partial charge in [-0.25, -0.2) is 5.84 Å². The van der Waals surface area contributed by atoms with E-state index in [1.165, 1.54) is 12.8 Å². The maximum absolute atomic E-state index is 11.3. The van der Waals surface area contributed by atoms with Gasteiger partial charge >= 0.3 is 0 Å². The first kappa shape index (κ1) is 12.5. The minimum Gasteiger partial charge on any atom is -0.302 e. The third-order valence-corrected chi connectivity index (χ3v) is 2.88. The van der Waals surface area contributed by atoms with Gasteiger partial charge in [0, 0.05) is 19.0 Å². The van der Waals surface area contributed by atoms with Gasteiger partial charge in [-0.2, -0.15) is 0 Å². The largest absolute Gasteiger partial charge is 0.302 e. The SMILES string of the molecule is CCCN(CC1CC1)CC(C)C(=O)NN. The lowest BCUT2D eigenvalue weighted by Crippen LogP contribution is -2.41. The number of nitrogens with zero attached hydrogens (tertiary/aromatic N) is 1. The summed E-state index contributed by atoms with van der Waals surface area (Å²) < 4.78 is 0. The molecule has 0 radical (unpaired) electrons. The summed E-state index contributed by atoms with van der Waals surface area (Å²) in [4.78, 5) is 13.7. The number of carbonyl (C=O) groups is 1. The van der Waals surface area contributed by atoms with Crippen molar-refractivity contribution in [3.63, 3.8) is 0 Å². The zero-order valence-corrected chi connectivity index (χ0v) is 9.83. The molecular formula is C11H23N3O. The van der Waals surface area contributed by atoms with Gasteiger partial charge in [-0.15, -0.1) is 0 Å². The van der Waals surface area contributed by atoms with Crippen molar-refractivity contribution in [1.29, 1.82) is 0 Å². The van der Waals surface area contributed by atoms with Crippen LogP contribution >= 0.6 is 0 Å². The Morgan fingerprint density at radius 1 is 1.60 bits per heavy atom. The molecule has 0 aliphatic heterocycles. The van der Waals surface area contributed by atoms with Gasteiger partial charge in [0.2, 0.25) is 5.91 Å². The van der Waals surface area contributed by atoms with Crippen LogP contribution in [0.1, 0.15) is 33.1 Å². The maximum atomic E-state index is 11.3. The predicted molar refractivity (Wildman–Crippen MR) is 60.9 cm³/mol. The standard InChI is InChI=1S/C11H23N3O/c1-3-6-14(8-10-4-5-10)7-9(2)11(15)13-12/h9-10H,3-8,12H2,1-2H3,(H,13,15). The highest BCUT2D eigenvalue weighted by Gasteiger charge is 2.25. The van der Waals surface area contributed by atoms with Crippen molar-refractivity contribution in [2.24, 2.45) is 17.7 Å². The normalized spacial score (nSPS) is 17.9. The molecule has 1 unspecified atom stereocenters. The smallest absolute Gasteiger partial charge is 0.237 e. The Morgan fingerprint density at radius 2 is 2.27 bits per heavy atom. The first-order valence-electron chi connectivity index (χ1n) is 5.90. The fourth-order valence-electron chi connectivity index (χ4n) is 1.85. The highest BCUT2D eigenvalue weighted by atomic mass is 16.2. The molecule has 0 heterocycles. The fourth-order valence-corrected chi connectivity index (χ4v) is 1.85. The van der Waals surface area contributed by atoms with Crippen LogP contribution in [0.5, 0.6) is 0 Å². The third kappa shape index (κ3) is 4.62. The number of amides is 1. The zero-order valence-electron chi connectivity index (χ0n) is 9.83. The van der Waals surface area contributed by atoms with Crippen LogP contribution in [0, 0.1) is 11.8 Å². The van der Waals surface area contributed by atoms with Crippen molar-refractivity contribution in [2.75, 3.05) is 19.6 Å². The molecule has 1 amide bonds. The second kappa shape index (κ2) is 6.08. The highest BCUT2D eigenvalue weighted by molar-refractivity contribution is 5.77. The summed E-state index contributed by atoms with van der Waals surface area (Å²) in [6, 6.07) is 0. The molecule has 0 bridgehead atoms. The summed E-state index contributed by atoms with van der Waals surface area (Å²) in [6.45, 7) is 7.16. The first-order chi connectivity index (χ1) is 7.17. The topological polar surface area (TPSA) is 58.4 Å². The van der Waals surface area contributed by atoms with Gasteiger partial charge in [-0.05, 0) is 31.7 Å². The van der Waals surface area contributed by atoms with Crippen LogP contribution in [0.25, 0.3) is 0 Å². The van der Waals surface area contributed by atoms with Crippen LogP contribution in [0.4, 0.5) is 0 Å². The molecule has 3 N–H and O–H groups in total. The van der Waals surface area contributed by atoms with E-state index in [-0.39, 0.29) is 11.8 Å². The van der Waals surface area contributed by atoms with Gasteiger partial charge in [0.15, 0.2) is 0 Å². The van der Waals surface area contributed by atoms with Crippen molar-refractivity contribution in [1.82, 2.24) is 10.3 Å². The Balaban J connectivity index is 2.30. The average Bonchev–Trinajstić information content (AvgIpc) is 3.00. The van der Waals surface area contributed by atoms with E-state index >= 15 is 0 Å². The van der Waals surface area contributed by atoms with Crippen LogP contribution in [0.15, 0.2) is 0 Å². The molecule has 15 heavy (non-hydrogen) atoms. The zero-order chi connectivity index (χ0) is 11.3.